The predicted molar refractivity (Wildman–Crippen MR) is 77.1 cm³/mol. The van der Waals surface area contributed by atoms with Crippen LogP contribution >= 0.6 is 0 Å². The fourth-order valence-corrected chi connectivity index (χ4v) is 2.22. The molecule has 108 valence electrons. The molecule has 5 heteroatoms. The smallest absolute Gasteiger partial charge is 0.261 e. The van der Waals surface area contributed by atoms with E-state index in [1.54, 1.807) is 25.3 Å². The molecule has 1 aromatic heterocycles. The highest BCUT2D eigenvalue weighted by atomic mass is 16.5. The predicted octanol–water partition coefficient (Wildman–Crippen LogP) is 2.10. The van der Waals surface area contributed by atoms with Gasteiger partial charge in [-0.15, -0.1) is 0 Å². The first-order valence-corrected chi connectivity index (χ1v) is 6.84. The van der Waals surface area contributed by atoms with E-state index in [4.69, 9.17) is 9.47 Å². The van der Waals surface area contributed by atoms with Gasteiger partial charge in [-0.25, -0.2) is 4.98 Å². The first-order chi connectivity index (χ1) is 10.2. The van der Waals surface area contributed by atoms with E-state index in [0.717, 1.165) is 11.3 Å². The molecule has 3 rings (SSSR count). The van der Waals surface area contributed by atoms with Crippen LogP contribution in [0, 0.1) is 0 Å². The molecule has 2 aromatic rings. The van der Waals surface area contributed by atoms with Crippen LogP contribution in [0.3, 0.4) is 0 Å². The zero-order valence-corrected chi connectivity index (χ0v) is 11.7. The van der Waals surface area contributed by atoms with Crippen LogP contribution in [0.25, 0.3) is 0 Å². The highest BCUT2D eigenvalue weighted by Crippen LogP contribution is 2.31. The minimum atomic E-state index is -0.618. The lowest BCUT2D eigenvalue weighted by Gasteiger charge is -2.17. The lowest BCUT2D eigenvalue weighted by molar-refractivity contribution is -0.128. The number of pyridine rings is 1. The van der Waals surface area contributed by atoms with Crippen LogP contribution < -0.4 is 14.8 Å². The summed E-state index contributed by atoms with van der Waals surface area (Å²) in [5.41, 5.74) is 0.996. The summed E-state index contributed by atoms with van der Waals surface area (Å²) >= 11 is 0. The summed E-state index contributed by atoms with van der Waals surface area (Å²) in [5.74, 6) is 1.07. The molecular formula is C16H16N2O3. The molecule has 1 aromatic carbocycles. The summed E-state index contributed by atoms with van der Waals surface area (Å²) < 4.78 is 11.1. The number of para-hydroxylation sites is 1. The van der Waals surface area contributed by atoms with Gasteiger partial charge in [-0.05, 0) is 19.1 Å². The number of rotatable bonds is 4. The molecule has 1 aliphatic rings. The van der Waals surface area contributed by atoms with E-state index in [1.165, 1.54) is 0 Å². The van der Waals surface area contributed by atoms with Gasteiger partial charge in [0.1, 0.15) is 12.4 Å². The molecule has 0 bridgehead atoms. The van der Waals surface area contributed by atoms with Gasteiger partial charge in [0.15, 0.2) is 6.10 Å². The lowest BCUT2D eigenvalue weighted by Crippen LogP contribution is -2.39. The van der Waals surface area contributed by atoms with Crippen LogP contribution in [-0.4, -0.2) is 23.6 Å². The normalized spacial score (nSPS) is 17.5. The number of hydrogen-bond donors (Lipinski definition) is 1. The Morgan fingerprint density at radius 3 is 2.95 bits per heavy atom. The first-order valence-electron chi connectivity index (χ1n) is 6.84. The molecule has 0 saturated carbocycles. The molecular weight excluding hydrogens is 268 g/mol. The number of hydrogen-bond acceptors (Lipinski definition) is 4. The number of fused-ring (bicyclic) bond motifs is 1. The fourth-order valence-electron chi connectivity index (χ4n) is 2.22. The van der Waals surface area contributed by atoms with Crippen molar-refractivity contribution < 1.29 is 14.3 Å². The maximum Gasteiger partial charge on any atom is 0.261 e. The summed E-state index contributed by atoms with van der Waals surface area (Å²) in [6.07, 6.45) is 1.01. The van der Waals surface area contributed by atoms with Gasteiger partial charge in [0.2, 0.25) is 5.88 Å². The molecule has 1 amide bonds. The average molecular weight is 284 g/mol. The van der Waals surface area contributed by atoms with Gasteiger partial charge in [0, 0.05) is 17.8 Å². The van der Waals surface area contributed by atoms with Gasteiger partial charge in [-0.3, -0.25) is 4.79 Å². The summed E-state index contributed by atoms with van der Waals surface area (Å²) in [7, 11) is 0. The monoisotopic (exact) mass is 284 g/mol. The third kappa shape index (κ3) is 2.97. The molecule has 0 unspecified atom stereocenters. The molecule has 0 aliphatic carbocycles. The Kier molecular flexibility index (Phi) is 3.73. The average Bonchev–Trinajstić information content (AvgIpc) is 2.91. The quantitative estimate of drug-likeness (QED) is 0.934. The molecule has 1 N–H and O–H groups in total. The third-order valence-corrected chi connectivity index (χ3v) is 3.32. The fraction of sp³-hybridized carbons (Fsp3) is 0.250. The van der Waals surface area contributed by atoms with Gasteiger partial charge in [0.05, 0.1) is 6.04 Å². The van der Waals surface area contributed by atoms with Crippen molar-refractivity contribution in [1.29, 1.82) is 0 Å². The molecule has 0 fully saturated rings. The van der Waals surface area contributed by atoms with Gasteiger partial charge in [-0.1, -0.05) is 24.3 Å². The van der Waals surface area contributed by atoms with Crippen molar-refractivity contribution in [1.82, 2.24) is 10.3 Å². The standard InChI is InChI=1S/C16H16N2O3/c1-11(21-15-8-4-5-9-17-15)16(19)18-13-10-20-14-7-3-2-6-12(13)14/h2-9,11,13H,10H2,1H3,(H,18,19)/t11-,13-/m0/s1. The Morgan fingerprint density at radius 1 is 1.33 bits per heavy atom. The van der Waals surface area contributed by atoms with Crippen molar-refractivity contribution >= 4 is 5.91 Å². The minimum Gasteiger partial charge on any atom is -0.491 e. The minimum absolute atomic E-state index is 0.136. The zero-order valence-electron chi connectivity index (χ0n) is 11.7. The highest BCUT2D eigenvalue weighted by molar-refractivity contribution is 5.81. The van der Waals surface area contributed by atoms with Crippen molar-refractivity contribution in [3.63, 3.8) is 0 Å². The largest absolute Gasteiger partial charge is 0.491 e. The van der Waals surface area contributed by atoms with E-state index in [9.17, 15) is 4.79 Å². The Bertz CT molecular complexity index is 630. The number of amides is 1. The second-order valence-electron chi connectivity index (χ2n) is 4.84. The van der Waals surface area contributed by atoms with Crippen molar-refractivity contribution in [2.45, 2.75) is 19.1 Å². The summed E-state index contributed by atoms with van der Waals surface area (Å²) in [5, 5.41) is 2.94. The van der Waals surface area contributed by atoms with Crippen LogP contribution in [0.2, 0.25) is 0 Å². The molecule has 2 heterocycles. The lowest BCUT2D eigenvalue weighted by atomic mass is 10.1. The number of ether oxygens (including phenoxy) is 2. The molecule has 0 spiro atoms. The van der Waals surface area contributed by atoms with Crippen molar-refractivity contribution in [2.75, 3.05) is 6.61 Å². The molecule has 2 atom stereocenters. The van der Waals surface area contributed by atoms with E-state index < -0.39 is 6.10 Å². The summed E-state index contributed by atoms with van der Waals surface area (Å²) in [6.45, 7) is 2.15. The topological polar surface area (TPSA) is 60.5 Å². The number of nitrogens with zero attached hydrogens (tertiary/aromatic N) is 1. The number of nitrogens with one attached hydrogen (secondary N) is 1. The number of carbonyl (C=O) groups is 1. The first kappa shape index (κ1) is 13.4. The van der Waals surface area contributed by atoms with Crippen LogP contribution in [0.1, 0.15) is 18.5 Å². The Hall–Kier alpha value is -2.56. The van der Waals surface area contributed by atoms with E-state index in [-0.39, 0.29) is 11.9 Å². The van der Waals surface area contributed by atoms with Gasteiger partial charge in [0.25, 0.3) is 5.91 Å². The van der Waals surface area contributed by atoms with Crippen LogP contribution in [0.5, 0.6) is 11.6 Å². The Labute approximate surface area is 122 Å². The van der Waals surface area contributed by atoms with Crippen molar-refractivity contribution in [3.05, 3.63) is 54.2 Å². The van der Waals surface area contributed by atoms with E-state index in [2.05, 4.69) is 10.3 Å². The van der Waals surface area contributed by atoms with Gasteiger partial charge < -0.3 is 14.8 Å². The summed E-state index contributed by atoms with van der Waals surface area (Å²) in [4.78, 5) is 16.2. The van der Waals surface area contributed by atoms with Crippen LogP contribution in [0.15, 0.2) is 48.7 Å². The van der Waals surface area contributed by atoms with Gasteiger partial charge >= 0.3 is 0 Å². The maximum atomic E-state index is 12.2. The summed E-state index contributed by atoms with van der Waals surface area (Å²) in [6, 6.07) is 12.9. The molecule has 0 radical (unpaired) electrons. The van der Waals surface area contributed by atoms with E-state index in [1.807, 2.05) is 30.3 Å². The molecule has 0 saturated heterocycles. The van der Waals surface area contributed by atoms with E-state index >= 15 is 0 Å². The van der Waals surface area contributed by atoms with Crippen LogP contribution in [-0.2, 0) is 4.79 Å². The molecule has 1 aliphatic heterocycles. The Balaban J connectivity index is 1.62. The van der Waals surface area contributed by atoms with Gasteiger partial charge in [-0.2, -0.15) is 0 Å². The second kappa shape index (κ2) is 5.83. The highest BCUT2D eigenvalue weighted by Gasteiger charge is 2.27. The maximum absolute atomic E-state index is 12.2. The van der Waals surface area contributed by atoms with E-state index in [0.29, 0.717) is 12.5 Å². The molecule has 5 nitrogen and oxygen atoms in total. The zero-order chi connectivity index (χ0) is 14.7. The molecule has 21 heavy (non-hydrogen) atoms. The number of aromatic nitrogens is 1. The number of benzene rings is 1. The SMILES string of the molecule is C[C@H](Oc1ccccn1)C(=O)N[C@H]1COc2ccccc21. The van der Waals surface area contributed by atoms with Crippen LogP contribution in [0.4, 0.5) is 0 Å². The van der Waals surface area contributed by atoms with Crippen molar-refractivity contribution in [2.24, 2.45) is 0 Å². The second-order valence-corrected chi connectivity index (χ2v) is 4.84. The Morgan fingerprint density at radius 2 is 2.14 bits per heavy atom. The van der Waals surface area contributed by atoms with Crippen molar-refractivity contribution in [3.8, 4) is 11.6 Å². The number of carbonyl (C=O) groups excluding carboxylic acids is 1. The third-order valence-electron chi connectivity index (χ3n) is 3.32.